The van der Waals surface area contributed by atoms with Crippen molar-refractivity contribution in [1.82, 2.24) is 0 Å². The van der Waals surface area contributed by atoms with Crippen molar-refractivity contribution in [2.75, 3.05) is 0 Å². The second-order valence-corrected chi connectivity index (χ2v) is 2.99. The molecule has 15 heavy (non-hydrogen) atoms. The molecule has 3 heteroatoms. The summed E-state index contributed by atoms with van der Waals surface area (Å²) in [5, 5.41) is 10.8. The normalized spacial score (nSPS) is 9.87. The molecule has 72 valence electrons. The summed E-state index contributed by atoms with van der Waals surface area (Å²) in [5.41, 5.74) is 1.49. The van der Waals surface area contributed by atoms with E-state index in [0.717, 1.165) is 5.56 Å². The maximum Gasteiger partial charge on any atom is 0.277 e. The standard InChI is InChI=1S/C12H7NO2/c14-13(15)12-9-5-4-8-11(12)10-6-2-1-3-7-10/h2-4,6-9H. The first kappa shape index (κ1) is 9.40. The van der Waals surface area contributed by atoms with Gasteiger partial charge in [0.05, 0.1) is 10.5 Å². The maximum absolute atomic E-state index is 10.8. The minimum Gasteiger partial charge on any atom is -0.258 e. The molecule has 0 fully saturated rings. The lowest BCUT2D eigenvalue weighted by Gasteiger charge is -2.01. The second-order valence-electron chi connectivity index (χ2n) is 2.99. The average Bonchev–Trinajstić information content (AvgIpc) is 2.30. The van der Waals surface area contributed by atoms with Gasteiger partial charge in [-0.15, -0.1) is 0 Å². The molecule has 3 nitrogen and oxygen atoms in total. The fourth-order valence-electron chi connectivity index (χ4n) is 1.38. The summed E-state index contributed by atoms with van der Waals surface area (Å²) in [6, 6.07) is 17.4. The zero-order chi connectivity index (χ0) is 10.7. The third kappa shape index (κ3) is 1.86. The van der Waals surface area contributed by atoms with Gasteiger partial charge in [0.2, 0.25) is 0 Å². The Morgan fingerprint density at radius 2 is 1.73 bits per heavy atom. The molecule has 0 bridgehead atoms. The van der Waals surface area contributed by atoms with Gasteiger partial charge in [-0.05, 0) is 23.8 Å². The molecule has 0 aliphatic carbocycles. The number of hydrogen-bond acceptors (Lipinski definition) is 2. The first-order valence-electron chi connectivity index (χ1n) is 4.40. The van der Waals surface area contributed by atoms with E-state index in [-0.39, 0.29) is 5.69 Å². The Kier molecular flexibility index (Phi) is 2.46. The van der Waals surface area contributed by atoms with Crippen LogP contribution < -0.4 is 0 Å². The molecule has 0 atom stereocenters. The maximum atomic E-state index is 10.8. The van der Waals surface area contributed by atoms with Crippen molar-refractivity contribution in [2.45, 2.75) is 0 Å². The minimum absolute atomic E-state index is 0.0729. The van der Waals surface area contributed by atoms with E-state index in [1.54, 1.807) is 36.4 Å². The van der Waals surface area contributed by atoms with Crippen LogP contribution in [0.5, 0.6) is 0 Å². The number of nitro benzene ring substituents is 1. The van der Waals surface area contributed by atoms with Crippen molar-refractivity contribution in [2.24, 2.45) is 0 Å². The molecule has 0 aliphatic heterocycles. The molecule has 0 aromatic heterocycles. The fourth-order valence-corrected chi connectivity index (χ4v) is 1.38. The zero-order valence-corrected chi connectivity index (χ0v) is 7.81. The molecule has 2 aromatic rings. The lowest BCUT2D eigenvalue weighted by atomic mass is 10.0. The van der Waals surface area contributed by atoms with Gasteiger partial charge in [0, 0.05) is 6.07 Å². The molecule has 0 heterocycles. The van der Waals surface area contributed by atoms with Crippen molar-refractivity contribution >= 4 is 5.69 Å². The Morgan fingerprint density at radius 1 is 1.07 bits per heavy atom. The second kappa shape index (κ2) is 3.92. The zero-order valence-electron chi connectivity index (χ0n) is 7.81. The topological polar surface area (TPSA) is 43.1 Å². The van der Waals surface area contributed by atoms with Crippen LogP contribution >= 0.6 is 0 Å². The van der Waals surface area contributed by atoms with Crippen LogP contribution in [0.1, 0.15) is 0 Å². The Bertz CT molecular complexity index is 480. The van der Waals surface area contributed by atoms with Crippen LogP contribution in [0.3, 0.4) is 0 Å². The molecule has 2 aromatic carbocycles. The SMILES string of the molecule is O=[N+]([O-])c1c[c]ccc1-c1cc[c]cc1. The van der Waals surface area contributed by atoms with Gasteiger partial charge in [-0.3, -0.25) is 10.1 Å². The summed E-state index contributed by atoms with van der Waals surface area (Å²) in [7, 11) is 0. The Morgan fingerprint density at radius 3 is 2.40 bits per heavy atom. The van der Waals surface area contributed by atoms with Crippen LogP contribution in [0.2, 0.25) is 0 Å². The van der Waals surface area contributed by atoms with Crippen LogP contribution in [0.25, 0.3) is 11.1 Å². The summed E-state index contributed by atoms with van der Waals surface area (Å²) in [5.74, 6) is 0. The van der Waals surface area contributed by atoms with E-state index >= 15 is 0 Å². The van der Waals surface area contributed by atoms with Crippen LogP contribution in [0, 0.1) is 22.2 Å². The lowest BCUT2D eigenvalue weighted by molar-refractivity contribution is -0.384. The van der Waals surface area contributed by atoms with Crippen LogP contribution in [-0.4, -0.2) is 4.92 Å². The van der Waals surface area contributed by atoms with Gasteiger partial charge in [0.25, 0.3) is 5.69 Å². The molecule has 0 N–H and O–H groups in total. The van der Waals surface area contributed by atoms with Gasteiger partial charge in [-0.25, -0.2) is 0 Å². The predicted octanol–water partition coefficient (Wildman–Crippen LogP) is 2.86. The Hall–Kier alpha value is -2.16. The van der Waals surface area contributed by atoms with Crippen LogP contribution in [0.15, 0.2) is 42.5 Å². The summed E-state index contributed by atoms with van der Waals surface area (Å²) < 4.78 is 0. The molecule has 0 amide bonds. The Balaban J connectivity index is 2.58. The van der Waals surface area contributed by atoms with E-state index in [9.17, 15) is 10.1 Å². The summed E-state index contributed by atoms with van der Waals surface area (Å²) in [6.07, 6.45) is 0. The van der Waals surface area contributed by atoms with Gasteiger partial charge in [-0.1, -0.05) is 30.3 Å². The average molecular weight is 197 g/mol. The fraction of sp³-hybridized carbons (Fsp3) is 0. The van der Waals surface area contributed by atoms with Gasteiger partial charge in [0.1, 0.15) is 0 Å². The van der Waals surface area contributed by atoms with E-state index in [0.29, 0.717) is 5.56 Å². The number of nitrogens with zero attached hydrogens (tertiary/aromatic N) is 1. The molecule has 2 rings (SSSR count). The Labute approximate surface area is 87.1 Å². The van der Waals surface area contributed by atoms with E-state index < -0.39 is 4.92 Å². The van der Waals surface area contributed by atoms with Crippen molar-refractivity contribution in [1.29, 1.82) is 0 Å². The van der Waals surface area contributed by atoms with Gasteiger partial charge in [-0.2, -0.15) is 0 Å². The van der Waals surface area contributed by atoms with E-state index in [1.165, 1.54) is 6.07 Å². The largest absolute Gasteiger partial charge is 0.277 e. The molecule has 0 saturated carbocycles. The molecule has 0 spiro atoms. The summed E-state index contributed by atoms with van der Waals surface area (Å²) >= 11 is 0. The van der Waals surface area contributed by atoms with E-state index in [1.807, 2.05) is 0 Å². The number of rotatable bonds is 2. The van der Waals surface area contributed by atoms with Crippen molar-refractivity contribution in [3.05, 3.63) is 64.7 Å². The van der Waals surface area contributed by atoms with E-state index in [4.69, 9.17) is 0 Å². The van der Waals surface area contributed by atoms with Crippen molar-refractivity contribution < 1.29 is 4.92 Å². The molecular weight excluding hydrogens is 190 g/mol. The van der Waals surface area contributed by atoms with Crippen molar-refractivity contribution in [3.63, 3.8) is 0 Å². The minimum atomic E-state index is -0.400. The monoisotopic (exact) mass is 197 g/mol. The number of nitro groups is 1. The highest BCUT2D eigenvalue weighted by Gasteiger charge is 2.13. The van der Waals surface area contributed by atoms with Crippen LogP contribution in [-0.2, 0) is 0 Å². The highest BCUT2D eigenvalue weighted by Crippen LogP contribution is 2.28. The third-order valence-electron chi connectivity index (χ3n) is 2.07. The van der Waals surface area contributed by atoms with Crippen LogP contribution in [0.4, 0.5) is 5.69 Å². The number of hydrogen-bond donors (Lipinski definition) is 0. The van der Waals surface area contributed by atoms with Gasteiger partial charge < -0.3 is 0 Å². The molecule has 0 aliphatic rings. The quantitative estimate of drug-likeness (QED) is 0.548. The smallest absolute Gasteiger partial charge is 0.258 e. The lowest BCUT2D eigenvalue weighted by Crippen LogP contribution is -1.91. The highest BCUT2D eigenvalue weighted by molar-refractivity contribution is 5.72. The third-order valence-corrected chi connectivity index (χ3v) is 2.07. The summed E-state index contributed by atoms with van der Waals surface area (Å²) in [6.45, 7) is 0. The highest BCUT2D eigenvalue weighted by atomic mass is 16.6. The molecule has 0 unspecified atom stereocenters. The van der Waals surface area contributed by atoms with E-state index in [2.05, 4.69) is 12.1 Å². The first-order valence-corrected chi connectivity index (χ1v) is 4.40. The first-order chi connectivity index (χ1) is 7.29. The van der Waals surface area contributed by atoms with Gasteiger partial charge in [0.15, 0.2) is 0 Å². The molecule has 0 saturated heterocycles. The van der Waals surface area contributed by atoms with Crippen molar-refractivity contribution in [3.8, 4) is 11.1 Å². The summed E-state index contributed by atoms with van der Waals surface area (Å²) in [4.78, 5) is 10.4. The predicted molar refractivity (Wildman–Crippen MR) is 56.2 cm³/mol. The molecule has 2 radical (unpaired) electrons. The molecular formula is C12H7NO2. The number of benzene rings is 2. The van der Waals surface area contributed by atoms with Gasteiger partial charge >= 0.3 is 0 Å².